The van der Waals surface area contributed by atoms with E-state index in [1.54, 1.807) is 0 Å². The van der Waals surface area contributed by atoms with Gasteiger partial charge in [0.25, 0.3) is 0 Å². The Bertz CT molecular complexity index is 313. The Morgan fingerprint density at radius 3 is 2.73 bits per heavy atom. The van der Waals surface area contributed by atoms with Crippen LogP contribution in [0.4, 0.5) is 13.2 Å². The summed E-state index contributed by atoms with van der Waals surface area (Å²) in [5.41, 5.74) is 0.841. The van der Waals surface area contributed by atoms with Crippen molar-refractivity contribution >= 4 is 11.3 Å². The third-order valence-corrected chi connectivity index (χ3v) is 2.62. The van der Waals surface area contributed by atoms with Gasteiger partial charge in [0.1, 0.15) is 5.01 Å². The van der Waals surface area contributed by atoms with Crippen LogP contribution in [0.5, 0.6) is 0 Å². The fraction of sp³-hybridized carbons (Fsp3) is 0.625. The first-order valence-corrected chi connectivity index (χ1v) is 5.14. The molecule has 0 radical (unpaired) electrons. The lowest BCUT2D eigenvalue weighted by Gasteiger charge is -2.14. The van der Waals surface area contributed by atoms with E-state index in [9.17, 15) is 13.2 Å². The van der Waals surface area contributed by atoms with Crippen molar-refractivity contribution in [3.05, 3.63) is 16.1 Å². The first kappa shape index (κ1) is 12.4. The second-order valence-corrected chi connectivity index (χ2v) is 4.01. The number of rotatable bonds is 4. The molecule has 1 unspecified atom stereocenters. The van der Waals surface area contributed by atoms with Crippen molar-refractivity contribution < 1.29 is 18.3 Å². The molecule has 1 rings (SSSR count). The van der Waals surface area contributed by atoms with Gasteiger partial charge in [-0.15, -0.1) is 11.3 Å². The van der Waals surface area contributed by atoms with E-state index in [1.807, 2.05) is 12.3 Å². The fourth-order valence-corrected chi connectivity index (χ4v) is 1.66. The van der Waals surface area contributed by atoms with Crippen LogP contribution in [0.1, 0.15) is 10.7 Å². The smallest absolute Gasteiger partial charge is 0.382 e. The number of aromatic nitrogens is 1. The summed E-state index contributed by atoms with van der Waals surface area (Å²) in [5.74, 6) is 0. The number of hydrogen-bond acceptors (Lipinski definition) is 4. The van der Waals surface area contributed by atoms with Crippen molar-refractivity contribution in [1.82, 2.24) is 10.3 Å². The van der Waals surface area contributed by atoms with Crippen LogP contribution < -0.4 is 5.32 Å². The third-order valence-electron chi connectivity index (χ3n) is 1.66. The minimum absolute atomic E-state index is 0.242. The molecule has 0 aromatic carbocycles. The van der Waals surface area contributed by atoms with Gasteiger partial charge in [0, 0.05) is 24.2 Å². The number of aliphatic hydroxyl groups is 1. The van der Waals surface area contributed by atoms with Crippen LogP contribution in [0, 0.1) is 6.92 Å². The molecular weight excluding hydrogens is 229 g/mol. The fourth-order valence-electron chi connectivity index (χ4n) is 0.915. The number of nitrogens with one attached hydrogen (secondary N) is 1. The molecule has 1 heterocycles. The molecule has 2 N–H and O–H groups in total. The van der Waals surface area contributed by atoms with Crippen LogP contribution >= 0.6 is 11.3 Å². The van der Waals surface area contributed by atoms with E-state index >= 15 is 0 Å². The molecule has 7 heteroatoms. The number of alkyl halides is 3. The predicted octanol–water partition coefficient (Wildman–Crippen LogP) is 1.46. The summed E-state index contributed by atoms with van der Waals surface area (Å²) in [4.78, 5) is 4.06. The molecule has 86 valence electrons. The van der Waals surface area contributed by atoms with E-state index < -0.39 is 18.8 Å². The predicted molar refractivity (Wildman–Crippen MR) is 50.6 cm³/mol. The molecule has 0 saturated heterocycles. The normalized spacial score (nSPS) is 14.2. The first-order valence-electron chi connectivity index (χ1n) is 4.26. The summed E-state index contributed by atoms with van der Waals surface area (Å²) in [7, 11) is 0. The molecule has 15 heavy (non-hydrogen) atoms. The summed E-state index contributed by atoms with van der Waals surface area (Å²) in [6, 6.07) is 0. The molecule has 0 aliphatic carbocycles. The van der Waals surface area contributed by atoms with Gasteiger partial charge in [-0.05, 0) is 6.92 Å². The number of nitrogens with zero attached hydrogens (tertiary/aromatic N) is 1. The molecule has 0 aliphatic heterocycles. The van der Waals surface area contributed by atoms with Gasteiger partial charge < -0.3 is 10.4 Å². The highest BCUT2D eigenvalue weighted by atomic mass is 32.1. The average Bonchev–Trinajstić information content (AvgIpc) is 2.49. The highest BCUT2D eigenvalue weighted by Crippen LogP contribution is 2.19. The lowest BCUT2D eigenvalue weighted by molar-refractivity contribution is -0.201. The maximum Gasteiger partial charge on any atom is 0.415 e. The summed E-state index contributed by atoms with van der Waals surface area (Å²) in [6.07, 6.45) is -6.88. The van der Waals surface area contributed by atoms with Crippen LogP contribution in [0.25, 0.3) is 0 Å². The zero-order valence-corrected chi connectivity index (χ0v) is 8.82. The SMILES string of the molecule is Cc1csc(CNCC(O)C(F)(F)F)n1. The van der Waals surface area contributed by atoms with Crippen molar-refractivity contribution in [1.29, 1.82) is 0 Å². The molecule has 0 aliphatic rings. The summed E-state index contributed by atoms with van der Waals surface area (Å²) in [6.45, 7) is 1.54. The number of aliphatic hydroxyl groups excluding tert-OH is 1. The van der Waals surface area contributed by atoms with Crippen LogP contribution in [0.2, 0.25) is 0 Å². The number of aryl methyl sites for hydroxylation is 1. The molecular formula is C8H11F3N2OS. The standard InChI is InChI=1S/C8H11F3N2OS/c1-5-4-15-7(13-5)3-12-2-6(14)8(9,10)11/h4,6,12,14H,2-3H2,1H3. The second kappa shape index (κ2) is 4.91. The van der Waals surface area contributed by atoms with Crippen LogP contribution in [0.3, 0.4) is 0 Å². The maximum atomic E-state index is 11.9. The van der Waals surface area contributed by atoms with E-state index in [0.717, 1.165) is 5.69 Å². The summed E-state index contributed by atoms with van der Waals surface area (Å²) >= 11 is 1.37. The topological polar surface area (TPSA) is 45.1 Å². The number of thiazole rings is 1. The van der Waals surface area contributed by atoms with Crippen molar-refractivity contribution in [2.45, 2.75) is 25.7 Å². The Kier molecular flexibility index (Phi) is 4.06. The van der Waals surface area contributed by atoms with Crippen molar-refractivity contribution in [2.75, 3.05) is 6.54 Å². The van der Waals surface area contributed by atoms with Crippen LogP contribution in [-0.2, 0) is 6.54 Å². The lowest BCUT2D eigenvalue weighted by Crippen LogP contribution is -2.38. The van der Waals surface area contributed by atoms with Gasteiger partial charge in [0.05, 0.1) is 0 Å². The monoisotopic (exact) mass is 240 g/mol. The zero-order valence-electron chi connectivity index (χ0n) is 8.01. The minimum atomic E-state index is -4.56. The molecule has 0 bridgehead atoms. The van der Waals surface area contributed by atoms with E-state index in [-0.39, 0.29) is 6.54 Å². The second-order valence-electron chi connectivity index (χ2n) is 3.07. The molecule has 0 fully saturated rings. The third kappa shape index (κ3) is 4.15. The van der Waals surface area contributed by atoms with Crippen molar-refractivity contribution in [3.8, 4) is 0 Å². The Hall–Kier alpha value is -0.660. The largest absolute Gasteiger partial charge is 0.415 e. The Morgan fingerprint density at radius 1 is 1.60 bits per heavy atom. The van der Waals surface area contributed by atoms with Gasteiger partial charge in [-0.2, -0.15) is 13.2 Å². The van der Waals surface area contributed by atoms with Gasteiger partial charge in [0.15, 0.2) is 6.10 Å². The average molecular weight is 240 g/mol. The highest BCUT2D eigenvalue weighted by Gasteiger charge is 2.37. The molecule has 3 nitrogen and oxygen atoms in total. The van der Waals surface area contributed by atoms with Gasteiger partial charge >= 0.3 is 6.18 Å². The highest BCUT2D eigenvalue weighted by molar-refractivity contribution is 7.09. The first-order chi connectivity index (χ1) is 6.89. The quantitative estimate of drug-likeness (QED) is 0.837. The lowest BCUT2D eigenvalue weighted by atomic mass is 10.3. The van der Waals surface area contributed by atoms with E-state index in [2.05, 4.69) is 10.3 Å². The van der Waals surface area contributed by atoms with Gasteiger partial charge in [-0.1, -0.05) is 0 Å². The number of halogens is 3. The van der Waals surface area contributed by atoms with E-state index in [1.165, 1.54) is 11.3 Å². The molecule has 1 aromatic heterocycles. The molecule has 1 atom stereocenters. The Labute approximate surface area is 89.0 Å². The summed E-state index contributed by atoms with van der Waals surface area (Å²) < 4.78 is 35.6. The van der Waals surface area contributed by atoms with Crippen LogP contribution in [0.15, 0.2) is 5.38 Å². The van der Waals surface area contributed by atoms with Crippen molar-refractivity contribution in [2.24, 2.45) is 0 Å². The zero-order chi connectivity index (χ0) is 11.5. The van der Waals surface area contributed by atoms with Gasteiger partial charge in [-0.25, -0.2) is 4.98 Å². The summed E-state index contributed by atoms with van der Waals surface area (Å²) in [5, 5.41) is 13.7. The van der Waals surface area contributed by atoms with Crippen molar-refractivity contribution in [3.63, 3.8) is 0 Å². The Morgan fingerprint density at radius 2 is 2.27 bits per heavy atom. The van der Waals surface area contributed by atoms with E-state index in [4.69, 9.17) is 5.11 Å². The Balaban J connectivity index is 2.28. The van der Waals surface area contributed by atoms with Gasteiger partial charge in [0.2, 0.25) is 0 Å². The minimum Gasteiger partial charge on any atom is -0.382 e. The van der Waals surface area contributed by atoms with Gasteiger partial charge in [-0.3, -0.25) is 0 Å². The molecule has 1 aromatic rings. The van der Waals surface area contributed by atoms with E-state index in [0.29, 0.717) is 5.01 Å². The number of hydrogen-bond donors (Lipinski definition) is 2. The maximum absolute atomic E-state index is 11.9. The van der Waals surface area contributed by atoms with Crippen LogP contribution in [-0.4, -0.2) is 28.9 Å². The molecule has 0 spiro atoms. The molecule has 0 saturated carbocycles. The molecule has 0 amide bonds.